The Morgan fingerprint density at radius 3 is 2.38 bits per heavy atom. The number of hydrogen-bond donors (Lipinski definition) is 2. The summed E-state index contributed by atoms with van der Waals surface area (Å²) in [6.07, 6.45) is 0. The van der Waals surface area contributed by atoms with Crippen molar-refractivity contribution in [1.29, 1.82) is 0 Å². The fraction of sp³-hybridized carbons (Fsp3) is 0.176. The molecule has 0 spiro atoms. The number of aryl methyl sites for hydroxylation is 2. The molecule has 0 unspecified atom stereocenters. The average Bonchev–Trinajstić information content (AvgIpc) is 2.43. The number of carbonyl (C=O) groups excluding carboxylic acids is 1. The molecule has 108 valence electrons. The van der Waals surface area contributed by atoms with Gasteiger partial charge in [0.1, 0.15) is 0 Å². The first kappa shape index (κ1) is 14.8. The lowest BCUT2D eigenvalue weighted by Crippen LogP contribution is -2.16. The normalized spacial score (nSPS) is 10.2. The first-order valence-electron chi connectivity index (χ1n) is 6.61. The molecule has 21 heavy (non-hydrogen) atoms. The van der Waals surface area contributed by atoms with Gasteiger partial charge in [0.2, 0.25) is 0 Å². The Hall–Kier alpha value is -2.62. The molecular formula is C17H17NO3. The number of carboxylic acid groups (broad SMARTS) is 1. The lowest BCUT2D eigenvalue weighted by molar-refractivity contribution is 0.0698. The third-order valence-corrected chi connectivity index (χ3v) is 3.50. The fourth-order valence-electron chi connectivity index (χ4n) is 2.13. The number of rotatable bonds is 3. The number of carbonyl (C=O) groups is 2. The second-order valence-corrected chi connectivity index (χ2v) is 5.06. The number of benzene rings is 2. The van der Waals surface area contributed by atoms with Crippen LogP contribution in [-0.2, 0) is 0 Å². The zero-order chi connectivity index (χ0) is 15.6. The van der Waals surface area contributed by atoms with Crippen molar-refractivity contribution in [2.45, 2.75) is 20.8 Å². The van der Waals surface area contributed by atoms with Crippen LogP contribution in [0.2, 0.25) is 0 Å². The van der Waals surface area contributed by atoms with E-state index in [1.165, 1.54) is 0 Å². The van der Waals surface area contributed by atoms with Gasteiger partial charge in [-0.05, 0) is 50.1 Å². The van der Waals surface area contributed by atoms with Crippen LogP contribution < -0.4 is 5.32 Å². The molecule has 2 N–H and O–H groups in total. The molecule has 4 heteroatoms. The first-order chi connectivity index (χ1) is 9.90. The van der Waals surface area contributed by atoms with Crippen LogP contribution in [0.1, 0.15) is 37.4 Å². The van der Waals surface area contributed by atoms with Crippen molar-refractivity contribution in [3.63, 3.8) is 0 Å². The van der Waals surface area contributed by atoms with Crippen LogP contribution in [0.4, 0.5) is 5.69 Å². The summed E-state index contributed by atoms with van der Waals surface area (Å²) in [7, 11) is 0. The SMILES string of the molecule is Cc1ccc(NC(=O)c2cccc(C)c2C)c(C(=O)O)c1. The Morgan fingerprint density at radius 2 is 1.71 bits per heavy atom. The molecule has 0 atom stereocenters. The quantitative estimate of drug-likeness (QED) is 0.905. The number of hydrogen-bond acceptors (Lipinski definition) is 2. The Labute approximate surface area is 123 Å². The summed E-state index contributed by atoms with van der Waals surface area (Å²) in [5.41, 5.74) is 3.68. The van der Waals surface area contributed by atoms with E-state index in [-0.39, 0.29) is 11.5 Å². The largest absolute Gasteiger partial charge is 0.478 e. The van der Waals surface area contributed by atoms with E-state index in [9.17, 15) is 14.7 Å². The average molecular weight is 283 g/mol. The second-order valence-electron chi connectivity index (χ2n) is 5.06. The van der Waals surface area contributed by atoms with E-state index in [0.717, 1.165) is 16.7 Å². The molecule has 0 aliphatic rings. The number of nitrogens with one attached hydrogen (secondary N) is 1. The maximum Gasteiger partial charge on any atom is 0.337 e. The van der Waals surface area contributed by atoms with Gasteiger partial charge in [-0.3, -0.25) is 4.79 Å². The van der Waals surface area contributed by atoms with E-state index in [4.69, 9.17) is 0 Å². The second kappa shape index (κ2) is 5.79. The maximum absolute atomic E-state index is 12.3. The van der Waals surface area contributed by atoms with Crippen molar-refractivity contribution < 1.29 is 14.7 Å². The molecule has 0 bridgehead atoms. The molecule has 0 aromatic heterocycles. The fourth-order valence-corrected chi connectivity index (χ4v) is 2.13. The molecule has 2 rings (SSSR count). The minimum atomic E-state index is -1.06. The van der Waals surface area contributed by atoms with Gasteiger partial charge in [0.05, 0.1) is 11.3 Å². The van der Waals surface area contributed by atoms with Crippen molar-refractivity contribution >= 4 is 17.6 Å². The van der Waals surface area contributed by atoms with E-state index in [2.05, 4.69) is 5.32 Å². The van der Waals surface area contributed by atoms with Crippen LogP contribution >= 0.6 is 0 Å². The van der Waals surface area contributed by atoms with Crippen LogP contribution in [0.3, 0.4) is 0 Å². The standard InChI is InChI=1S/C17H17NO3/c1-10-7-8-15(14(9-10)17(20)21)18-16(19)13-6-4-5-11(2)12(13)3/h4-9H,1-3H3,(H,18,19)(H,20,21). The molecule has 0 aliphatic heterocycles. The molecule has 0 saturated heterocycles. The molecule has 0 saturated carbocycles. The van der Waals surface area contributed by atoms with Crippen molar-refractivity contribution in [3.05, 3.63) is 64.2 Å². The van der Waals surface area contributed by atoms with Crippen LogP contribution in [0.5, 0.6) is 0 Å². The summed E-state index contributed by atoms with van der Waals surface area (Å²) in [5, 5.41) is 11.9. The zero-order valence-corrected chi connectivity index (χ0v) is 12.2. The first-order valence-corrected chi connectivity index (χ1v) is 6.61. The molecule has 2 aromatic carbocycles. The lowest BCUT2D eigenvalue weighted by atomic mass is 10.0. The van der Waals surface area contributed by atoms with Gasteiger partial charge in [-0.2, -0.15) is 0 Å². The van der Waals surface area contributed by atoms with Gasteiger partial charge < -0.3 is 10.4 Å². The van der Waals surface area contributed by atoms with Crippen LogP contribution in [0.15, 0.2) is 36.4 Å². The van der Waals surface area contributed by atoms with Gasteiger partial charge in [-0.25, -0.2) is 4.79 Å². The van der Waals surface area contributed by atoms with Crippen molar-refractivity contribution in [1.82, 2.24) is 0 Å². The van der Waals surface area contributed by atoms with Crippen LogP contribution in [0.25, 0.3) is 0 Å². The third-order valence-electron chi connectivity index (χ3n) is 3.50. The highest BCUT2D eigenvalue weighted by Crippen LogP contribution is 2.20. The molecule has 4 nitrogen and oxygen atoms in total. The van der Waals surface area contributed by atoms with Gasteiger partial charge >= 0.3 is 5.97 Å². The van der Waals surface area contributed by atoms with Crippen LogP contribution in [-0.4, -0.2) is 17.0 Å². The monoisotopic (exact) mass is 283 g/mol. The van der Waals surface area contributed by atoms with Crippen molar-refractivity contribution in [2.24, 2.45) is 0 Å². The number of aromatic carboxylic acids is 1. The molecule has 0 heterocycles. The van der Waals surface area contributed by atoms with Gasteiger partial charge in [0.25, 0.3) is 5.91 Å². The highest BCUT2D eigenvalue weighted by molar-refractivity contribution is 6.08. The van der Waals surface area contributed by atoms with E-state index < -0.39 is 5.97 Å². The minimum absolute atomic E-state index is 0.0913. The predicted octanol–water partition coefficient (Wildman–Crippen LogP) is 3.56. The van der Waals surface area contributed by atoms with Gasteiger partial charge in [0.15, 0.2) is 0 Å². The Balaban J connectivity index is 2.36. The van der Waals surface area contributed by atoms with Gasteiger partial charge in [-0.15, -0.1) is 0 Å². The van der Waals surface area contributed by atoms with Gasteiger partial charge in [-0.1, -0.05) is 23.8 Å². The molecule has 0 fully saturated rings. The molecule has 0 radical (unpaired) electrons. The highest BCUT2D eigenvalue weighted by Gasteiger charge is 2.15. The summed E-state index contributed by atoms with van der Waals surface area (Å²) < 4.78 is 0. The van der Waals surface area contributed by atoms with Crippen molar-refractivity contribution in [3.8, 4) is 0 Å². The Kier molecular flexibility index (Phi) is 4.08. The lowest BCUT2D eigenvalue weighted by Gasteiger charge is -2.12. The topological polar surface area (TPSA) is 66.4 Å². The molecular weight excluding hydrogens is 266 g/mol. The molecule has 2 aromatic rings. The summed E-state index contributed by atoms with van der Waals surface area (Å²) in [6.45, 7) is 5.61. The summed E-state index contributed by atoms with van der Waals surface area (Å²) in [4.78, 5) is 23.6. The van der Waals surface area contributed by atoms with E-state index >= 15 is 0 Å². The number of carboxylic acids is 1. The summed E-state index contributed by atoms with van der Waals surface area (Å²) >= 11 is 0. The van der Waals surface area contributed by atoms with Crippen LogP contribution in [0, 0.1) is 20.8 Å². The third kappa shape index (κ3) is 3.11. The van der Waals surface area contributed by atoms with E-state index in [1.54, 1.807) is 24.3 Å². The number of amides is 1. The van der Waals surface area contributed by atoms with E-state index in [0.29, 0.717) is 11.3 Å². The number of anilines is 1. The van der Waals surface area contributed by atoms with Gasteiger partial charge in [0, 0.05) is 5.56 Å². The molecule has 0 aliphatic carbocycles. The highest BCUT2D eigenvalue weighted by atomic mass is 16.4. The van der Waals surface area contributed by atoms with E-state index in [1.807, 2.05) is 32.9 Å². The molecule has 1 amide bonds. The zero-order valence-electron chi connectivity index (χ0n) is 12.2. The minimum Gasteiger partial charge on any atom is -0.478 e. The Bertz CT molecular complexity index is 720. The Morgan fingerprint density at radius 1 is 1.00 bits per heavy atom. The predicted molar refractivity (Wildman–Crippen MR) is 82.0 cm³/mol. The summed E-state index contributed by atoms with van der Waals surface area (Å²) in [6, 6.07) is 10.4. The smallest absolute Gasteiger partial charge is 0.337 e. The summed E-state index contributed by atoms with van der Waals surface area (Å²) in [5.74, 6) is -1.36. The maximum atomic E-state index is 12.3. The van der Waals surface area contributed by atoms with Crippen molar-refractivity contribution in [2.75, 3.05) is 5.32 Å².